The molecular formula is C17H21NO2S. The second kappa shape index (κ2) is 5.95. The van der Waals surface area contributed by atoms with Gasteiger partial charge >= 0.3 is 0 Å². The van der Waals surface area contributed by atoms with Crippen molar-refractivity contribution in [1.82, 2.24) is 4.90 Å². The number of nitrogens with zero attached hydrogens (tertiary/aromatic N) is 1. The average Bonchev–Trinajstić information content (AvgIpc) is 3.17. The van der Waals surface area contributed by atoms with Gasteiger partial charge in [-0.3, -0.25) is 4.90 Å². The first-order chi connectivity index (χ1) is 10.4. The Morgan fingerprint density at radius 2 is 2.24 bits per heavy atom. The summed E-state index contributed by atoms with van der Waals surface area (Å²) in [6.45, 7) is 3.95. The minimum Gasteiger partial charge on any atom is -0.462 e. The lowest BCUT2D eigenvalue weighted by Gasteiger charge is -2.26. The Balaban J connectivity index is 1.40. The molecular weight excluding hydrogens is 282 g/mol. The maximum atomic E-state index is 6.03. The Morgan fingerprint density at radius 3 is 3.14 bits per heavy atom. The molecule has 0 bridgehead atoms. The van der Waals surface area contributed by atoms with Crippen LogP contribution in [0.3, 0.4) is 0 Å². The van der Waals surface area contributed by atoms with Crippen molar-refractivity contribution >= 4 is 11.3 Å². The Bertz CT molecular complexity index is 597. The highest BCUT2D eigenvalue weighted by molar-refractivity contribution is 7.10. The molecule has 21 heavy (non-hydrogen) atoms. The number of furan rings is 1. The van der Waals surface area contributed by atoms with Gasteiger partial charge in [-0.1, -0.05) is 0 Å². The topological polar surface area (TPSA) is 25.6 Å². The molecule has 1 saturated heterocycles. The summed E-state index contributed by atoms with van der Waals surface area (Å²) in [7, 11) is 0. The highest BCUT2D eigenvalue weighted by Crippen LogP contribution is 2.30. The van der Waals surface area contributed by atoms with E-state index in [2.05, 4.69) is 28.5 Å². The monoisotopic (exact) mass is 303 g/mol. The predicted molar refractivity (Wildman–Crippen MR) is 83.4 cm³/mol. The van der Waals surface area contributed by atoms with Crippen molar-refractivity contribution in [3.05, 3.63) is 45.5 Å². The Morgan fingerprint density at radius 1 is 1.24 bits per heavy atom. The van der Waals surface area contributed by atoms with Gasteiger partial charge in [-0.05, 0) is 54.8 Å². The smallest absolute Gasteiger partial charge is 0.133 e. The molecule has 0 spiro atoms. The van der Waals surface area contributed by atoms with E-state index in [-0.39, 0.29) is 6.10 Å². The number of hydrogen-bond acceptors (Lipinski definition) is 4. The summed E-state index contributed by atoms with van der Waals surface area (Å²) in [5.74, 6) is 2.08. The average molecular weight is 303 g/mol. The molecule has 2 aliphatic heterocycles. The molecule has 0 radical (unpaired) electrons. The standard InChI is InChI=1S/C17H21NO2S/c1-2-9-19-15(3-1)16-5-4-14(20-16)12-18-8-6-17-13(11-18)7-10-21-17/h4-5,7,10,15H,1-3,6,8-9,11-12H2/t15-/m0/s1. The van der Waals surface area contributed by atoms with Crippen LogP contribution >= 0.6 is 11.3 Å². The molecule has 4 heteroatoms. The van der Waals surface area contributed by atoms with Crippen LogP contribution in [-0.4, -0.2) is 18.1 Å². The van der Waals surface area contributed by atoms with Gasteiger partial charge < -0.3 is 9.15 Å². The minimum absolute atomic E-state index is 0.178. The fraction of sp³-hybridized carbons (Fsp3) is 0.529. The zero-order valence-electron chi connectivity index (χ0n) is 12.2. The molecule has 0 aromatic carbocycles. The number of fused-ring (bicyclic) bond motifs is 1. The normalized spacial score (nSPS) is 23.1. The van der Waals surface area contributed by atoms with Gasteiger partial charge in [0, 0.05) is 24.6 Å². The molecule has 0 N–H and O–H groups in total. The van der Waals surface area contributed by atoms with Gasteiger partial charge in [-0.2, -0.15) is 0 Å². The van der Waals surface area contributed by atoms with Crippen LogP contribution in [0, 0.1) is 0 Å². The van der Waals surface area contributed by atoms with Crippen molar-refractivity contribution in [1.29, 1.82) is 0 Å². The molecule has 0 unspecified atom stereocenters. The quantitative estimate of drug-likeness (QED) is 0.852. The van der Waals surface area contributed by atoms with E-state index in [1.165, 1.54) is 24.8 Å². The van der Waals surface area contributed by atoms with Crippen LogP contribution in [0.4, 0.5) is 0 Å². The van der Waals surface area contributed by atoms with Crippen LogP contribution < -0.4 is 0 Å². The summed E-state index contributed by atoms with van der Waals surface area (Å²) in [5, 5.41) is 2.21. The second-order valence-corrected chi connectivity index (χ2v) is 6.99. The van der Waals surface area contributed by atoms with Crippen molar-refractivity contribution < 1.29 is 9.15 Å². The van der Waals surface area contributed by atoms with Crippen molar-refractivity contribution in [3.63, 3.8) is 0 Å². The SMILES string of the molecule is c1cc2c(s1)CCN(Cc1ccc([C@@H]3CCCCO3)o1)C2. The molecule has 0 amide bonds. The van der Waals surface area contributed by atoms with Gasteiger partial charge in [-0.15, -0.1) is 11.3 Å². The highest BCUT2D eigenvalue weighted by Gasteiger charge is 2.21. The highest BCUT2D eigenvalue weighted by atomic mass is 32.1. The lowest BCUT2D eigenvalue weighted by atomic mass is 10.1. The van der Waals surface area contributed by atoms with E-state index < -0.39 is 0 Å². The fourth-order valence-corrected chi connectivity index (χ4v) is 4.17. The van der Waals surface area contributed by atoms with Gasteiger partial charge in [0.15, 0.2) is 0 Å². The van der Waals surface area contributed by atoms with E-state index in [0.717, 1.165) is 44.2 Å². The maximum Gasteiger partial charge on any atom is 0.133 e. The van der Waals surface area contributed by atoms with Crippen molar-refractivity contribution in [2.75, 3.05) is 13.2 Å². The summed E-state index contributed by atoms with van der Waals surface area (Å²) >= 11 is 1.89. The number of hydrogen-bond donors (Lipinski definition) is 0. The summed E-state index contributed by atoms with van der Waals surface area (Å²) < 4.78 is 11.8. The predicted octanol–water partition coefficient (Wildman–Crippen LogP) is 4.14. The van der Waals surface area contributed by atoms with E-state index in [9.17, 15) is 0 Å². The van der Waals surface area contributed by atoms with E-state index in [1.54, 1.807) is 4.88 Å². The van der Waals surface area contributed by atoms with Crippen molar-refractivity contribution in [2.45, 2.75) is 44.9 Å². The molecule has 4 heterocycles. The molecule has 1 atom stereocenters. The maximum absolute atomic E-state index is 6.03. The molecule has 0 aliphatic carbocycles. The van der Waals surface area contributed by atoms with E-state index in [4.69, 9.17) is 9.15 Å². The molecule has 2 aromatic rings. The van der Waals surface area contributed by atoms with Crippen molar-refractivity contribution in [2.24, 2.45) is 0 Å². The van der Waals surface area contributed by atoms with Gasteiger partial charge in [-0.25, -0.2) is 0 Å². The van der Waals surface area contributed by atoms with Gasteiger partial charge in [0.05, 0.1) is 6.54 Å². The van der Waals surface area contributed by atoms with Gasteiger partial charge in [0.25, 0.3) is 0 Å². The summed E-state index contributed by atoms with van der Waals surface area (Å²) in [6, 6.07) is 6.48. The van der Waals surface area contributed by atoms with Crippen LogP contribution in [0.25, 0.3) is 0 Å². The van der Waals surface area contributed by atoms with E-state index in [0.29, 0.717) is 0 Å². The first-order valence-electron chi connectivity index (χ1n) is 7.86. The second-order valence-electron chi connectivity index (χ2n) is 5.99. The first-order valence-corrected chi connectivity index (χ1v) is 8.74. The van der Waals surface area contributed by atoms with E-state index in [1.807, 2.05) is 11.3 Å². The molecule has 0 saturated carbocycles. The summed E-state index contributed by atoms with van der Waals surface area (Å²) in [4.78, 5) is 4.03. The zero-order chi connectivity index (χ0) is 14.1. The Hall–Kier alpha value is -1.10. The summed E-state index contributed by atoms with van der Waals surface area (Å²) in [5.41, 5.74) is 1.49. The van der Waals surface area contributed by atoms with Crippen LogP contribution in [-0.2, 0) is 24.2 Å². The van der Waals surface area contributed by atoms with Crippen LogP contribution in [0.1, 0.15) is 47.3 Å². The third-order valence-corrected chi connectivity index (χ3v) is 5.47. The summed E-state index contributed by atoms with van der Waals surface area (Å²) in [6.07, 6.45) is 4.87. The third-order valence-electron chi connectivity index (χ3n) is 4.45. The Kier molecular flexibility index (Phi) is 3.84. The zero-order valence-corrected chi connectivity index (χ0v) is 13.0. The molecule has 1 fully saturated rings. The molecule has 112 valence electrons. The number of rotatable bonds is 3. The molecule has 3 nitrogen and oxygen atoms in total. The van der Waals surface area contributed by atoms with Crippen LogP contribution in [0.2, 0.25) is 0 Å². The van der Waals surface area contributed by atoms with Gasteiger partial charge in [0.1, 0.15) is 17.6 Å². The first kappa shape index (κ1) is 13.6. The van der Waals surface area contributed by atoms with Crippen molar-refractivity contribution in [3.8, 4) is 0 Å². The molecule has 2 aliphatic rings. The minimum atomic E-state index is 0.178. The number of ether oxygens (including phenoxy) is 1. The van der Waals surface area contributed by atoms with Crippen LogP contribution in [0.5, 0.6) is 0 Å². The number of thiophene rings is 1. The Labute approximate surface area is 129 Å². The van der Waals surface area contributed by atoms with Crippen LogP contribution in [0.15, 0.2) is 28.0 Å². The largest absolute Gasteiger partial charge is 0.462 e. The molecule has 4 rings (SSSR count). The van der Waals surface area contributed by atoms with E-state index >= 15 is 0 Å². The lowest BCUT2D eigenvalue weighted by molar-refractivity contribution is 0.000802. The lowest BCUT2D eigenvalue weighted by Crippen LogP contribution is -2.28. The van der Waals surface area contributed by atoms with Gasteiger partial charge in [0.2, 0.25) is 0 Å². The third kappa shape index (κ3) is 2.93. The molecule has 2 aromatic heterocycles. The fourth-order valence-electron chi connectivity index (χ4n) is 3.28.